The largest absolute Gasteiger partial charge is 0.289 e. The van der Waals surface area contributed by atoms with Crippen molar-refractivity contribution in [2.24, 2.45) is 5.92 Å². The zero-order valence-corrected chi connectivity index (χ0v) is 7.75. The molecule has 0 saturated heterocycles. The van der Waals surface area contributed by atoms with E-state index in [1.807, 2.05) is 4.90 Å². The van der Waals surface area contributed by atoms with Gasteiger partial charge >= 0.3 is 0 Å². The molecule has 3 nitrogen and oxygen atoms in total. The van der Waals surface area contributed by atoms with Gasteiger partial charge in [-0.3, -0.25) is 4.90 Å². The molecule has 0 radical (unpaired) electrons. The van der Waals surface area contributed by atoms with Crippen molar-refractivity contribution in [3.63, 3.8) is 0 Å². The minimum absolute atomic E-state index is 0.430. The Morgan fingerprint density at radius 3 is 2.33 bits per heavy atom. The molecule has 0 fully saturated rings. The van der Waals surface area contributed by atoms with Crippen molar-refractivity contribution < 1.29 is 0 Å². The molecule has 0 unspecified atom stereocenters. The van der Waals surface area contributed by atoms with Crippen LogP contribution in [0.1, 0.15) is 20.3 Å². The lowest BCUT2D eigenvalue weighted by molar-refractivity contribution is 0.277. The molecule has 0 rings (SSSR count). The highest BCUT2D eigenvalue weighted by atomic mass is 15.1. The Morgan fingerprint density at radius 1 is 1.25 bits per heavy atom. The predicted octanol–water partition coefficient (Wildman–Crippen LogP) is 1.38. The van der Waals surface area contributed by atoms with Gasteiger partial charge in [0.25, 0.3) is 0 Å². The van der Waals surface area contributed by atoms with Crippen molar-refractivity contribution in [2.75, 3.05) is 19.6 Å². The highest BCUT2D eigenvalue weighted by Gasteiger charge is 2.05. The normalized spacial score (nSPS) is 9.83. The van der Waals surface area contributed by atoms with E-state index >= 15 is 0 Å². The molecule has 0 aliphatic heterocycles. The second-order valence-corrected chi connectivity index (χ2v) is 3.20. The molecule has 12 heavy (non-hydrogen) atoms. The summed E-state index contributed by atoms with van der Waals surface area (Å²) in [4.78, 5) is 2.01. The molecule has 0 N–H and O–H groups in total. The van der Waals surface area contributed by atoms with Crippen LogP contribution in [0.2, 0.25) is 0 Å². The van der Waals surface area contributed by atoms with E-state index in [-0.39, 0.29) is 0 Å². The second kappa shape index (κ2) is 6.64. The van der Waals surface area contributed by atoms with Crippen molar-refractivity contribution >= 4 is 0 Å². The fraction of sp³-hybridized carbons (Fsp3) is 0.778. The minimum Gasteiger partial charge on any atom is -0.289 e. The van der Waals surface area contributed by atoms with Crippen molar-refractivity contribution in [3.8, 4) is 12.1 Å². The minimum atomic E-state index is 0.430. The zero-order chi connectivity index (χ0) is 9.40. The van der Waals surface area contributed by atoms with Gasteiger partial charge in [-0.25, -0.2) is 0 Å². The van der Waals surface area contributed by atoms with Crippen LogP contribution in [0, 0.1) is 28.6 Å². The van der Waals surface area contributed by atoms with Gasteiger partial charge in [0.1, 0.15) is 0 Å². The maximum absolute atomic E-state index is 8.47. The molecule has 0 aromatic carbocycles. The lowest BCUT2D eigenvalue weighted by atomic mass is 10.2. The number of hydrogen-bond donors (Lipinski definition) is 0. The van der Waals surface area contributed by atoms with Crippen molar-refractivity contribution in [1.82, 2.24) is 4.90 Å². The summed E-state index contributed by atoms with van der Waals surface area (Å²) in [7, 11) is 0. The van der Waals surface area contributed by atoms with Crippen LogP contribution >= 0.6 is 0 Å². The average Bonchev–Trinajstić information content (AvgIpc) is 2.00. The molecule has 3 heteroatoms. The van der Waals surface area contributed by atoms with Crippen LogP contribution in [0.25, 0.3) is 0 Å². The van der Waals surface area contributed by atoms with Gasteiger partial charge in [-0.1, -0.05) is 13.8 Å². The third-order valence-corrected chi connectivity index (χ3v) is 1.46. The third-order valence-electron chi connectivity index (χ3n) is 1.46. The quantitative estimate of drug-likeness (QED) is 0.578. The maximum atomic E-state index is 8.47. The Bertz CT molecular complexity index is 185. The number of nitriles is 2. The molecule has 0 heterocycles. The van der Waals surface area contributed by atoms with Crippen LogP contribution in [0.5, 0.6) is 0 Å². The predicted molar refractivity (Wildman–Crippen MR) is 47.1 cm³/mol. The van der Waals surface area contributed by atoms with Crippen molar-refractivity contribution in [1.29, 1.82) is 10.5 Å². The van der Waals surface area contributed by atoms with Crippen LogP contribution in [-0.4, -0.2) is 24.5 Å². The van der Waals surface area contributed by atoms with E-state index in [2.05, 4.69) is 26.0 Å². The van der Waals surface area contributed by atoms with Gasteiger partial charge in [0.15, 0.2) is 0 Å². The standard InChI is InChI=1S/C9H15N3/c1-9(2)8-12(7-5-11)6-3-4-10/h9H,3,6-8H2,1-2H3. The highest BCUT2D eigenvalue weighted by Crippen LogP contribution is 1.98. The second-order valence-electron chi connectivity index (χ2n) is 3.20. The molecule has 0 amide bonds. The third kappa shape index (κ3) is 5.70. The van der Waals surface area contributed by atoms with E-state index in [1.54, 1.807) is 0 Å². The summed E-state index contributed by atoms with van der Waals surface area (Å²) < 4.78 is 0. The molecule has 0 aliphatic carbocycles. The molecule has 0 spiro atoms. The van der Waals surface area contributed by atoms with Gasteiger partial charge in [-0.05, 0) is 5.92 Å². The Kier molecular flexibility index (Phi) is 6.05. The van der Waals surface area contributed by atoms with E-state index in [1.165, 1.54) is 0 Å². The van der Waals surface area contributed by atoms with Crippen LogP contribution in [0.4, 0.5) is 0 Å². The molecule has 0 bridgehead atoms. The molecular weight excluding hydrogens is 150 g/mol. The molecule has 0 aromatic heterocycles. The first kappa shape index (κ1) is 10.9. The van der Waals surface area contributed by atoms with E-state index in [9.17, 15) is 0 Å². The van der Waals surface area contributed by atoms with Crippen LogP contribution in [-0.2, 0) is 0 Å². The van der Waals surface area contributed by atoms with E-state index in [4.69, 9.17) is 10.5 Å². The van der Waals surface area contributed by atoms with Crippen molar-refractivity contribution in [3.05, 3.63) is 0 Å². The zero-order valence-electron chi connectivity index (χ0n) is 7.75. The maximum Gasteiger partial charge on any atom is 0.0866 e. The average molecular weight is 165 g/mol. The summed E-state index contributed by atoms with van der Waals surface area (Å²) in [6, 6.07) is 4.18. The number of rotatable bonds is 5. The van der Waals surface area contributed by atoms with Gasteiger partial charge in [-0.15, -0.1) is 0 Å². The van der Waals surface area contributed by atoms with Crippen LogP contribution in [0.3, 0.4) is 0 Å². The van der Waals surface area contributed by atoms with Crippen LogP contribution < -0.4 is 0 Å². The monoisotopic (exact) mass is 165 g/mol. The first-order valence-electron chi connectivity index (χ1n) is 4.17. The summed E-state index contributed by atoms with van der Waals surface area (Å²) in [5.41, 5.74) is 0. The highest BCUT2D eigenvalue weighted by molar-refractivity contribution is 4.80. The summed E-state index contributed by atoms with van der Waals surface area (Å²) in [5.74, 6) is 0.553. The Hall–Kier alpha value is -1.06. The van der Waals surface area contributed by atoms with Gasteiger partial charge in [0.2, 0.25) is 0 Å². The summed E-state index contributed by atoms with van der Waals surface area (Å²) in [6.07, 6.45) is 0.508. The Balaban J connectivity index is 3.73. The van der Waals surface area contributed by atoms with Gasteiger partial charge in [0, 0.05) is 19.5 Å². The van der Waals surface area contributed by atoms with E-state index in [0.717, 1.165) is 6.54 Å². The molecule has 0 aliphatic rings. The SMILES string of the molecule is CC(C)CN(CC#N)CCC#N. The molecule has 66 valence electrons. The lowest BCUT2D eigenvalue weighted by Crippen LogP contribution is -2.29. The summed E-state index contributed by atoms with van der Waals surface area (Å²) in [5, 5.41) is 16.8. The first-order chi connectivity index (χ1) is 5.70. The topological polar surface area (TPSA) is 50.8 Å². The lowest BCUT2D eigenvalue weighted by Gasteiger charge is -2.19. The summed E-state index contributed by atoms with van der Waals surface area (Å²) in [6.45, 7) is 6.25. The Morgan fingerprint density at radius 2 is 1.92 bits per heavy atom. The fourth-order valence-electron chi connectivity index (χ4n) is 1.06. The molecule has 0 aromatic rings. The molecule has 0 saturated carbocycles. The fourth-order valence-corrected chi connectivity index (χ4v) is 1.06. The van der Waals surface area contributed by atoms with Crippen LogP contribution in [0.15, 0.2) is 0 Å². The van der Waals surface area contributed by atoms with Gasteiger partial charge in [-0.2, -0.15) is 10.5 Å². The van der Waals surface area contributed by atoms with Gasteiger partial charge in [0.05, 0.1) is 18.7 Å². The summed E-state index contributed by atoms with van der Waals surface area (Å²) >= 11 is 0. The smallest absolute Gasteiger partial charge is 0.0866 e. The number of hydrogen-bond acceptors (Lipinski definition) is 3. The molecular formula is C9H15N3. The van der Waals surface area contributed by atoms with E-state index < -0.39 is 0 Å². The number of nitrogens with zero attached hydrogens (tertiary/aromatic N) is 3. The first-order valence-corrected chi connectivity index (χ1v) is 4.17. The van der Waals surface area contributed by atoms with Crippen molar-refractivity contribution in [2.45, 2.75) is 20.3 Å². The van der Waals surface area contributed by atoms with Gasteiger partial charge < -0.3 is 0 Å². The van der Waals surface area contributed by atoms with E-state index in [0.29, 0.717) is 25.4 Å². The Labute approximate surface area is 74.2 Å². The molecule has 0 atom stereocenters.